The Morgan fingerprint density at radius 1 is 1.24 bits per heavy atom. The number of hydrogen-bond acceptors (Lipinski definition) is 2. The molecular formula is C17H22ClNO2. The molecule has 1 unspecified atom stereocenters. The fourth-order valence-electron chi connectivity index (χ4n) is 4.14. The molecule has 1 saturated carbocycles. The van der Waals surface area contributed by atoms with Crippen LogP contribution in [-0.2, 0) is 11.3 Å². The second-order valence-electron chi connectivity index (χ2n) is 6.61. The van der Waals surface area contributed by atoms with E-state index in [0.717, 1.165) is 31.0 Å². The van der Waals surface area contributed by atoms with Gasteiger partial charge in [-0.3, -0.25) is 9.69 Å². The number of carboxylic acid groups (broad SMARTS) is 1. The Labute approximate surface area is 130 Å². The lowest BCUT2D eigenvalue weighted by atomic mass is 9.68. The maximum atomic E-state index is 11.7. The average molecular weight is 308 g/mol. The molecule has 21 heavy (non-hydrogen) atoms. The molecule has 1 spiro atoms. The van der Waals surface area contributed by atoms with Gasteiger partial charge in [0.1, 0.15) is 0 Å². The van der Waals surface area contributed by atoms with E-state index in [1.807, 2.05) is 24.3 Å². The molecule has 2 fully saturated rings. The second-order valence-corrected chi connectivity index (χ2v) is 7.05. The number of likely N-dealkylation sites (tertiary alicyclic amines) is 1. The van der Waals surface area contributed by atoms with Crippen LogP contribution >= 0.6 is 11.6 Å². The van der Waals surface area contributed by atoms with Crippen molar-refractivity contribution in [3.8, 4) is 0 Å². The first-order chi connectivity index (χ1) is 10.1. The number of aliphatic carboxylic acids is 1. The summed E-state index contributed by atoms with van der Waals surface area (Å²) < 4.78 is 0. The van der Waals surface area contributed by atoms with Crippen molar-refractivity contribution >= 4 is 17.6 Å². The predicted molar refractivity (Wildman–Crippen MR) is 83.4 cm³/mol. The molecule has 0 bridgehead atoms. The van der Waals surface area contributed by atoms with E-state index in [9.17, 15) is 9.90 Å². The molecule has 0 amide bonds. The molecule has 0 radical (unpaired) electrons. The zero-order valence-corrected chi connectivity index (χ0v) is 13.0. The maximum Gasteiger partial charge on any atom is 0.308 e. The van der Waals surface area contributed by atoms with Gasteiger partial charge in [0, 0.05) is 24.7 Å². The van der Waals surface area contributed by atoms with E-state index in [1.54, 1.807) is 0 Å². The van der Waals surface area contributed by atoms with E-state index >= 15 is 0 Å². The van der Waals surface area contributed by atoms with E-state index in [2.05, 4.69) is 4.90 Å². The summed E-state index contributed by atoms with van der Waals surface area (Å²) in [5.74, 6) is -0.819. The molecule has 1 aliphatic heterocycles. The molecular weight excluding hydrogens is 286 g/mol. The van der Waals surface area contributed by atoms with Crippen LogP contribution in [-0.4, -0.2) is 29.1 Å². The Balaban J connectivity index is 1.73. The minimum absolute atomic E-state index is 0.0104. The summed E-state index contributed by atoms with van der Waals surface area (Å²) >= 11 is 5.92. The van der Waals surface area contributed by atoms with Crippen molar-refractivity contribution in [3.05, 3.63) is 34.9 Å². The van der Waals surface area contributed by atoms with Crippen molar-refractivity contribution in [2.75, 3.05) is 13.1 Å². The van der Waals surface area contributed by atoms with E-state index in [0.29, 0.717) is 6.54 Å². The smallest absolute Gasteiger partial charge is 0.308 e. The first-order valence-electron chi connectivity index (χ1n) is 7.79. The molecule has 1 atom stereocenters. The number of carbonyl (C=O) groups is 1. The fourth-order valence-corrected chi connectivity index (χ4v) is 4.27. The van der Waals surface area contributed by atoms with Gasteiger partial charge in [0.05, 0.1) is 5.92 Å². The molecule has 3 nitrogen and oxygen atoms in total. The highest BCUT2D eigenvalue weighted by Gasteiger charge is 2.50. The highest BCUT2D eigenvalue weighted by Crippen LogP contribution is 2.47. The summed E-state index contributed by atoms with van der Waals surface area (Å²) in [4.78, 5) is 14.0. The Kier molecular flexibility index (Phi) is 4.23. The lowest BCUT2D eigenvalue weighted by Gasteiger charge is -2.36. The first-order valence-corrected chi connectivity index (χ1v) is 8.16. The molecule has 1 saturated heterocycles. The minimum atomic E-state index is -0.615. The topological polar surface area (TPSA) is 40.5 Å². The summed E-state index contributed by atoms with van der Waals surface area (Å²) in [6.45, 7) is 2.42. The molecule has 1 aromatic carbocycles. The second kappa shape index (κ2) is 5.98. The number of rotatable bonds is 3. The van der Waals surface area contributed by atoms with Gasteiger partial charge in [-0.05, 0) is 36.0 Å². The monoisotopic (exact) mass is 307 g/mol. The van der Waals surface area contributed by atoms with Gasteiger partial charge in [-0.25, -0.2) is 0 Å². The van der Waals surface area contributed by atoms with Crippen molar-refractivity contribution in [1.82, 2.24) is 4.90 Å². The van der Waals surface area contributed by atoms with Gasteiger partial charge in [-0.2, -0.15) is 0 Å². The quantitative estimate of drug-likeness (QED) is 0.923. The lowest BCUT2D eigenvalue weighted by molar-refractivity contribution is -0.145. The Bertz CT molecular complexity index is 508. The van der Waals surface area contributed by atoms with Crippen molar-refractivity contribution in [1.29, 1.82) is 0 Å². The zero-order chi connectivity index (χ0) is 14.9. The lowest BCUT2D eigenvalue weighted by Crippen LogP contribution is -2.36. The maximum absolute atomic E-state index is 11.7. The van der Waals surface area contributed by atoms with Crippen LogP contribution in [0.3, 0.4) is 0 Å². The van der Waals surface area contributed by atoms with E-state index in [4.69, 9.17) is 11.6 Å². The third-order valence-electron chi connectivity index (χ3n) is 5.19. The van der Waals surface area contributed by atoms with Crippen LogP contribution in [0.5, 0.6) is 0 Å². The molecule has 1 N–H and O–H groups in total. The average Bonchev–Trinajstić information content (AvgIpc) is 2.80. The Morgan fingerprint density at radius 2 is 1.90 bits per heavy atom. The number of hydrogen-bond donors (Lipinski definition) is 1. The van der Waals surface area contributed by atoms with Crippen molar-refractivity contribution < 1.29 is 9.90 Å². The van der Waals surface area contributed by atoms with Crippen molar-refractivity contribution in [3.63, 3.8) is 0 Å². The van der Waals surface area contributed by atoms with Gasteiger partial charge in [0.15, 0.2) is 0 Å². The molecule has 114 valence electrons. The zero-order valence-electron chi connectivity index (χ0n) is 12.2. The molecule has 4 heteroatoms. The molecule has 1 aliphatic carbocycles. The third-order valence-corrected chi connectivity index (χ3v) is 5.44. The molecule has 3 rings (SSSR count). The molecule has 1 heterocycles. The Hall–Kier alpha value is -1.06. The van der Waals surface area contributed by atoms with Gasteiger partial charge in [0.2, 0.25) is 0 Å². The van der Waals surface area contributed by atoms with Crippen LogP contribution < -0.4 is 0 Å². The van der Waals surface area contributed by atoms with Crippen LogP contribution in [0.1, 0.15) is 37.7 Å². The highest BCUT2D eigenvalue weighted by atomic mass is 35.5. The summed E-state index contributed by atoms with van der Waals surface area (Å²) in [7, 11) is 0. The van der Waals surface area contributed by atoms with Gasteiger partial charge in [0.25, 0.3) is 0 Å². The van der Waals surface area contributed by atoms with Gasteiger partial charge in [-0.15, -0.1) is 0 Å². The number of benzene rings is 1. The van der Waals surface area contributed by atoms with Crippen LogP contribution in [0.25, 0.3) is 0 Å². The summed E-state index contributed by atoms with van der Waals surface area (Å²) in [5.41, 5.74) is 1.22. The predicted octanol–water partition coefficient (Wildman–Crippen LogP) is 3.81. The summed E-state index contributed by atoms with van der Waals surface area (Å²) in [5, 5.41) is 10.3. The van der Waals surface area contributed by atoms with Gasteiger partial charge >= 0.3 is 5.97 Å². The SMILES string of the molecule is O=C(O)C1CN(Cc2ccc(Cl)cc2)CC12CCCCC2. The van der Waals surface area contributed by atoms with E-state index in [1.165, 1.54) is 24.8 Å². The molecule has 2 aliphatic rings. The van der Waals surface area contributed by atoms with Crippen LogP contribution in [0.15, 0.2) is 24.3 Å². The summed E-state index contributed by atoms with van der Waals surface area (Å²) in [6.07, 6.45) is 5.75. The van der Waals surface area contributed by atoms with Crippen molar-refractivity contribution in [2.45, 2.75) is 38.6 Å². The standard InChI is InChI=1S/C17H22ClNO2/c18-14-6-4-13(5-7-14)10-19-11-15(16(20)21)17(12-19)8-2-1-3-9-17/h4-7,15H,1-3,8-12H2,(H,20,21). The van der Waals surface area contributed by atoms with E-state index < -0.39 is 5.97 Å². The fraction of sp³-hybridized carbons (Fsp3) is 0.588. The van der Waals surface area contributed by atoms with Crippen molar-refractivity contribution in [2.24, 2.45) is 11.3 Å². The van der Waals surface area contributed by atoms with E-state index in [-0.39, 0.29) is 11.3 Å². The normalized spacial score (nSPS) is 25.3. The molecule has 0 aromatic heterocycles. The third kappa shape index (κ3) is 3.09. The van der Waals surface area contributed by atoms with Crippen LogP contribution in [0.2, 0.25) is 5.02 Å². The Morgan fingerprint density at radius 3 is 2.52 bits per heavy atom. The minimum Gasteiger partial charge on any atom is -0.481 e. The first kappa shape index (κ1) is 14.9. The number of carboxylic acids is 1. The van der Waals surface area contributed by atoms with Crippen LogP contribution in [0.4, 0.5) is 0 Å². The summed E-state index contributed by atoms with van der Waals surface area (Å²) in [6, 6.07) is 7.87. The largest absolute Gasteiger partial charge is 0.481 e. The molecule has 1 aromatic rings. The number of nitrogens with zero attached hydrogens (tertiary/aromatic N) is 1. The van der Waals surface area contributed by atoms with Gasteiger partial charge < -0.3 is 5.11 Å². The number of halogens is 1. The highest BCUT2D eigenvalue weighted by molar-refractivity contribution is 6.30. The van der Waals surface area contributed by atoms with Gasteiger partial charge in [-0.1, -0.05) is 43.0 Å². The van der Waals surface area contributed by atoms with Crippen LogP contribution in [0, 0.1) is 11.3 Å².